The zero-order valence-corrected chi connectivity index (χ0v) is 32.3. The van der Waals surface area contributed by atoms with E-state index in [1.165, 1.54) is 43.5 Å². The van der Waals surface area contributed by atoms with Crippen molar-refractivity contribution in [2.75, 3.05) is 19.5 Å². The molecule has 2 aromatic carbocycles. The molecule has 1 amide bonds. The molecule has 4 rings (SSSR count). The minimum absolute atomic E-state index is 0.0176. The molecule has 2 heterocycles. The largest absolute Gasteiger partial charge is 0.463 e. The molecule has 2 aliphatic rings. The fraction of sp³-hybridized carbons (Fsp3) is 0.486. The number of carbonyl (C=O) groups excluding carboxylic acids is 6. The van der Waals surface area contributed by atoms with Crippen LogP contribution in [0, 0.1) is 0 Å². The summed E-state index contributed by atoms with van der Waals surface area (Å²) in [6.07, 6.45) is -12.6. The van der Waals surface area contributed by atoms with E-state index < -0.39 is 113 Å². The maximum Gasteiger partial charge on any atom is 0.397 e. The topological polar surface area (TPSA) is 252 Å². The second-order valence-electron chi connectivity index (χ2n) is 12.3. The molecule has 306 valence electrons. The molecule has 0 radical (unpaired) electrons. The highest BCUT2D eigenvalue weighted by atomic mass is 32.3. The molecule has 2 aromatic rings. The third kappa shape index (κ3) is 12.4. The first-order chi connectivity index (χ1) is 26.5. The van der Waals surface area contributed by atoms with Crippen LogP contribution in [0.15, 0.2) is 60.7 Å². The highest BCUT2D eigenvalue weighted by Crippen LogP contribution is 2.37. The number of rotatable bonds is 15. The maximum absolute atomic E-state index is 13.5. The van der Waals surface area contributed by atoms with Crippen LogP contribution < -0.4 is 5.32 Å². The van der Waals surface area contributed by atoms with Crippen LogP contribution in [-0.4, -0.2) is 129 Å². The van der Waals surface area contributed by atoms with Crippen molar-refractivity contribution < 1.29 is 83.8 Å². The van der Waals surface area contributed by atoms with Gasteiger partial charge in [0.2, 0.25) is 5.91 Å². The smallest absolute Gasteiger partial charge is 0.397 e. The van der Waals surface area contributed by atoms with Gasteiger partial charge in [0.15, 0.2) is 30.7 Å². The Balaban J connectivity index is 1.75. The fourth-order valence-corrected chi connectivity index (χ4v) is 7.69. The molecule has 0 spiro atoms. The van der Waals surface area contributed by atoms with Gasteiger partial charge in [-0.2, -0.15) is 8.42 Å². The molecular weight excluding hydrogens is 787 g/mol. The molecule has 2 saturated heterocycles. The fourth-order valence-electron chi connectivity index (χ4n) is 5.87. The number of hydrogen-bond donors (Lipinski definition) is 2. The highest BCUT2D eigenvalue weighted by Gasteiger charge is 2.55. The summed E-state index contributed by atoms with van der Waals surface area (Å²) >= 11 is 0.821. The van der Waals surface area contributed by atoms with Crippen molar-refractivity contribution >= 4 is 57.9 Å². The predicted molar refractivity (Wildman–Crippen MR) is 190 cm³/mol. The third-order valence-corrected chi connectivity index (χ3v) is 9.78. The Morgan fingerprint density at radius 3 is 1.71 bits per heavy atom. The molecule has 2 aliphatic heterocycles. The molecule has 0 aromatic heterocycles. The van der Waals surface area contributed by atoms with E-state index in [0.29, 0.717) is 0 Å². The minimum Gasteiger partial charge on any atom is -0.463 e. The maximum atomic E-state index is 13.5. The first kappa shape index (κ1) is 44.1. The lowest BCUT2D eigenvalue weighted by atomic mass is 9.97. The molecule has 19 nitrogen and oxygen atoms in total. The minimum atomic E-state index is -5.36. The van der Waals surface area contributed by atoms with Crippen molar-refractivity contribution in [1.82, 2.24) is 5.32 Å². The van der Waals surface area contributed by atoms with Gasteiger partial charge in [0.05, 0.1) is 11.1 Å². The highest BCUT2D eigenvalue weighted by molar-refractivity contribution is 7.99. The number of benzene rings is 2. The van der Waals surface area contributed by atoms with Gasteiger partial charge in [-0.15, -0.1) is 11.8 Å². The summed E-state index contributed by atoms with van der Waals surface area (Å²) in [4.78, 5) is 75.5. The van der Waals surface area contributed by atoms with E-state index in [9.17, 15) is 41.7 Å². The molecular formula is C35H41NO18S2. The average molecular weight is 828 g/mol. The molecule has 0 bridgehead atoms. The first-order valence-electron chi connectivity index (χ1n) is 16.8. The van der Waals surface area contributed by atoms with Crippen LogP contribution in [0.4, 0.5) is 0 Å². The van der Waals surface area contributed by atoms with Gasteiger partial charge in [0.1, 0.15) is 36.4 Å². The number of carbonyl (C=O) groups is 6. The Labute approximate surface area is 325 Å². The number of nitrogens with one attached hydrogen (secondary N) is 1. The Morgan fingerprint density at radius 1 is 0.696 bits per heavy atom. The van der Waals surface area contributed by atoms with Gasteiger partial charge >= 0.3 is 40.2 Å². The van der Waals surface area contributed by atoms with Crippen LogP contribution in [0.5, 0.6) is 0 Å². The molecule has 0 unspecified atom stereocenters. The van der Waals surface area contributed by atoms with Gasteiger partial charge in [-0.25, -0.2) is 13.8 Å². The first-order valence-corrected chi connectivity index (χ1v) is 19.3. The summed E-state index contributed by atoms with van der Waals surface area (Å²) in [6.45, 7) is 3.93. The van der Waals surface area contributed by atoms with E-state index in [2.05, 4.69) is 5.32 Å². The van der Waals surface area contributed by atoms with E-state index in [-0.39, 0.29) is 16.9 Å². The van der Waals surface area contributed by atoms with Gasteiger partial charge in [-0.1, -0.05) is 36.4 Å². The van der Waals surface area contributed by atoms with Gasteiger partial charge in [0, 0.05) is 40.6 Å². The summed E-state index contributed by atoms with van der Waals surface area (Å²) in [5, 5.41) is 2.61. The number of methoxy groups -OCH3 is 1. The Bertz CT molecular complexity index is 1810. The average Bonchev–Trinajstić information content (AvgIpc) is 3.13. The number of esters is 5. The molecule has 0 aliphatic carbocycles. The second-order valence-corrected chi connectivity index (χ2v) is 14.5. The predicted octanol–water partition coefficient (Wildman–Crippen LogP) is 1.39. The van der Waals surface area contributed by atoms with Crippen molar-refractivity contribution in [3.8, 4) is 0 Å². The lowest BCUT2D eigenvalue weighted by Gasteiger charge is -2.46. The van der Waals surface area contributed by atoms with Crippen molar-refractivity contribution in [3.05, 3.63) is 71.8 Å². The molecule has 2 fully saturated rings. The van der Waals surface area contributed by atoms with Crippen LogP contribution in [-0.2, 0) is 71.7 Å². The summed E-state index contributed by atoms with van der Waals surface area (Å²) in [6, 6.07) is 13.9. The third-order valence-electron chi connectivity index (χ3n) is 8.06. The van der Waals surface area contributed by atoms with E-state index >= 15 is 0 Å². The van der Waals surface area contributed by atoms with Gasteiger partial charge in [0.25, 0.3) is 0 Å². The molecule has 2 N–H and O–H groups in total. The zero-order valence-electron chi connectivity index (χ0n) is 30.7. The van der Waals surface area contributed by atoms with Gasteiger partial charge in [-0.05, 0) is 24.3 Å². The van der Waals surface area contributed by atoms with Crippen molar-refractivity contribution in [1.29, 1.82) is 0 Å². The van der Waals surface area contributed by atoms with Crippen LogP contribution in [0.2, 0.25) is 0 Å². The Morgan fingerprint density at radius 2 is 1.23 bits per heavy atom. The molecule has 10 atom stereocenters. The standard InChI is InChI=1S/C35H41NO18S2/c1-18(37)36-26-29(49-21(4)40)27(48-20(3)39)24(16-47-19(2)38)51-35(26)55-17-25-28(54-56(43,44)45)30(52-32(41)22-12-8-6-9-13-22)31(34(46-5)50-25)53-33(42)23-14-10-7-11-15-23/h6-15,24-31,34-35H,16-17H2,1-5H3,(H,36,37)(H,43,44,45)/t24-,25-,26-,27-,28-,29-,30+,31-,34+,35+/m1/s1. The molecule has 56 heavy (non-hydrogen) atoms. The van der Waals surface area contributed by atoms with Crippen molar-refractivity contribution in [2.24, 2.45) is 0 Å². The van der Waals surface area contributed by atoms with Crippen LogP contribution >= 0.6 is 11.8 Å². The zero-order chi connectivity index (χ0) is 41.2. The van der Waals surface area contributed by atoms with Crippen molar-refractivity contribution in [3.63, 3.8) is 0 Å². The number of ether oxygens (including phenoxy) is 8. The summed E-state index contributed by atoms with van der Waals surface area (Å²) in [7, 11) is -4.18. The van der Waals surface area contributed by atoms with E-state index in [4.69, 9.17) is 42.1 Å². The van der Waals surface area contributed by atoms with Gasteiger partial charge < -0.3 is 43.2 Å². The quantitative estimate of drug-likeness (QED) is 0.146. The van der Waals surface area contributed by atoms with E-state index in [1.54, 1.807) is 24.3 Å². The lowest BCUT2D eigenvalue weighted by Crippen LogP contribution is -2.66. The molecule has 0 saturated carbocycles. The lowest BCUT2D eigenvalue weighted by molar-refractivity contribution is -0.279. The SMILES string of the molecule is CO[C@H]1O[C@H](CS[C@@H]2O[C@H](COC(C)=O)[C@@H](OC(C)=O)[C@H](OC(C)=O)[C@H]2NC(C)=O)[C@@H](OS(=O)(=O)O)[C@H](OC(=O)c2ccccc2)[C@H]1OC(=O)c1ccccc1. The summed E-state index contributed by atoms with van der Waals surface area (Å²) in [5.41, 5.74) is -1.17. The van der Waals surface area contributed by atoms with Crippen molar-refractivity contribution in [2.45, 2.75) is 88.2 Å². The summed E-state index contributed by atoms with van der Waals surface area (Å²) in [5.74, 6) is -5.33. The Hall–Kier alpha value is -4.64. The second kappa shape index (κ2) is 20.0. The van der Waals surface area contributed by atoms with E-state index in [1.807, 2.05) is 0 Å². The Kier molecular flexibility index (Phi) is 15.7. The normalized spacial score (nSPS) is 27.5. The van der Waals surface area contributed by atoms with Crippen LogP contribution in [0.3, 0.4) is 0 Å². The number of hydrogen-bond acceptors (Lipinski definition) is 18. The van der Waals surface area contributed by atoms with E-state index in [0.717, 1.165) is 39.5 Å². The summed E-state index contributed by atoms with van der Waals surface area (Å²) < 4.78 is 85.0. The van der Waals surface area contributed by atoms with Crippen LogP contribution in [0.1, 0.15) is 48.4 Å². The number of amides is 1. The van der Waals surface area contributed by atoms with Crippen LogP contribution in [0.25, 0.3) is 0 Å². The molecule has 21 heteroatoms. The number of thioether (sulfide) groups is 1. The monoisotopic (exact) mass is 827 g/mol. The van der Waals surface area contributed by atoms with Gasteiger partial charge in [-0.3, -0.25) is 23.7 Å².